The third-order valence-electron chi connectivity index (χ3n) is 5.10. The van der Waals surface area contributed by atoms with Gasteiger partial charge in [0.25, 0.3) is 0 Å². The van der Waals surface area contributed by atoms with Gasteiger partial charge in [-0.2, -0.15) is 0 Å². The second-order valence-corrected chi connectivity index (χ2v) is 7.35. The Labute approximate surface area is 163 Å². The lowest BCUT2D eigenvalue weighted by Crippen LogP contribution is -2.35. The fraction of sp³-hybridized carbons (Fsp3) is 0.435. The summed E-state index contributed by atoms with van der Waals surface area (Å²) in [7, 11) is 0. The Kier molecular flexibility index (Phi) is 7.72. The van der Waals surface area contributed by atoms with Crippen molar-refractivity contribution in [2.24, 2.45) is 0 Å². The number of carbonyl (C=O) groups excluding carboxylic acids is 1. The monoisotopic (exact) mass is 365 g/mol. The van der Waals surface area contributed by atoms with Crippen molar-refractivity contribution >= 4 is 6.03 Å². The fourth-order valence-corrected chi connectivity index (χ4v) is 3.51. The van der Waals surface area contributed by atoms with Gasteiger partial charge in [0.1, 0.15) is 0 Å². The molecule has 0 unspecified atom stereocenters. The van der Waals surface area contributed by atoms with Crippen LogP contribution < -0.4 is 10.6 Å². The fourth-order valence-electron chi connectivity index (χ4n) is 3.51. The highest BCUT2D eigenvalue weighted by molar-refractivity contribution is 5.73. The molecule has 0 saturated carbocycles. The van der Waals surface area contributed by atoms with Gasteiger partial charge in [-0.1, -0.05) is 54.6 Å². The Balaban J connectivity index is 1.27. The van der Waals surface area contributed by atoms with Crippen LogP contribution in [-0.4, -0.2) is 30.6 Å². The van der Waals surface area contributed by atoms with Crippen LogP contribution in [0.4, 0.5) is 4.79 Å². The van der Waals surface area contributed by atoms with Crippen molar-refractivity contribution in [2.45, 2.75) is 45.2 Å². The molecule has 2 aromatic carbocycles. The Morgan fingerprint density at radius 2 is 1.52 bits per heavy atom. The van der Waals surface area contributed by atoms with Crippen molar-refractivity contribution in [1.82, 2.24) is 15.5 Å². The first-order chi connectivity index (χ1) is 13.3. The largest absolute Gasteiger partial charge is 0.338 e. The van der Waals surface area contributed by atoms with E-state index >= 15 is 0 Å². The molecular formula is C23H31N3O. The summed E-state index contributed by atoms with van der Waals surface area (Å²) in [5.74, 6) is 0. The summed E-state index contributed by atoms with van der Waals surface area (Å²) in [6.45, 7) is 4.76. The van der Waals surface area contributed by atoms with E-state index in [-0.39, 0.29) is 6.03 Å². The summed E-state index contributed by atoms with van der Waals surface area (Å²) in [6, 6.07) is 19.0. The normalized spacial score (nSPS) is 14.2. The highest BCUT2D eigenvalue weighted by atomic mass is 16.2. The van der Waals surface area contributed by atoms with Crippen LogP contribution in [0.3, 0.4) is 0 Å². The molecule has 1 aliphatic rings. The molecule has 0 atom stereocenters. The predicted octanol–water partition coefficient (Wildman–Crippen LogP) is 4.10. The molecule has 2 amide bonds. The number of nitrogens with one attached hydrogen (secondary N) is 2. The summed E-state index contributed by atoms with van der Waals surface area (Å²) in [6.07, 6.45) is 5.79. The topological polar surface area (TPSA) is 44.4 Å². The Morgan fingerprint density at radius 3 is 2.26 bits per heavy atom. The van der Waals surface area contributed by atoms with Crippen molar-refractivity contribution in [3.05, 3.63) is 71.3 Å². The number of likely N-dealkylation sites (tertiary alicyclic amines) is 1. The highest BCUT2D eigenvalue weighted by Gasteiger charge is 2.11. The molecule has 4 heteroatoms. The lowest BCUT2D eigenvalue weighted by atomic mass is 10.1. The molecule has 1 saturated heterocycles. The molecule has 2 N–H and O–H groups in total. The zero-order valence-corrected chi connectivity index (χ0v) is 16.1. The van der Waals surface area contributed by atoms with Crippen LogP contribution in [0.15, 0.2) is 54.6 Å². The number of benzene rings is 2. The molecule has 1 aliphatic heterocycles. The number of rotatable bonds is 9. The van der Waals surface area contributed by atoms with Gasteiger partial charge in [0.05, 0.1) is 0 Å². The first kappa shape index (κ1) is 19.4. The molecule has 4 nitrogen and oxygen atoms in total. The van der Waals surface area contributed by atoms with Crippen LogP contribution in [0.25, 0.3) is 0 Å². The third kappa shape index (κ3) is 7.06. The van der Waals surface area contributed by atoms with Gasteiger partial charge in [0.2, 0.25) is 0 Å². The quantitative estimate of drug-likeness (QED) is 0.657. The first-order valence-electron chi connectivity index (χ1n) is 10.2. The van der Waals surface area contributed by atoms with Crippen LogP contribution >= 0.6 is 0 Å². The summed E-state index contributed by atoms with van der Waals surface area (Å²) >= 11 is 0. The lowest BCUT2D eigenvalue weighted by Gasteiger charge is -2.14. The van der Waals surface area contributed by atoms with Crippen molar-refractivity contribution in [1.29, 1.82) is 0 Å². The molecule has 2 aromatic rings. The lowest BCUT2D eigenvalue weighted by molar-refractivity contribution is 0.240. The zero-order chi connectivity index (χ0) is 18.7. The molecule has 0 radical (unpaired) electrons. The van der Waals surface area contributed by atoms with Crippen molar-refractivity contribution < 1.29 is 4.79 Å². The Morgan fingerprint density at radius 1 is 0.815 bits per heavy atom. The number of aryl methyl sites for hydroxylation is 1. The summed E-state index contributed by atoms with van der Waals surface area (Å²) in [5.41, 5.74) is 3.85. The van der Waals surface area contributed by atoms with Gasteiger partial charge in [-0.3, -0.25) is 4.90 Å². The van der Waals surface area contributed by atoms with Gasteiger partial charge in [0.15, 0.2) is 0 Å². The average molecular weight is 366 g/mol. The van der Waals surface area contributed by atoms with Gasteiger partial charge >= 0.3 is 6.03 Å². The van der Waals surface area contributed by atoms with E-state index in [2.05, 4.69) is 64.1 Å². The van der Waals surface area contributed by atoms with Crippen molar-refractivity contribution in [3.63, 3.8) is 0 Å². The van der Waals surface area contributed by atoms with E-state index in [0.717, 1.165) is 31.4 Å². The number of amides is 2. The maximum absolute atomic E-state index is 11.9. The number of hydrogen-bond donors (Lipinski definition) is 2. The minimum atomic E-state index is -0.0872. The molecule has 0 bridgehead atoms. The highest BCUT2D eigenvalue weighted by Crippen LogP contribution is 2.13. The van der Waals surface area contributed by atoms with Crippen LogP contribution in [0.5, 0.6) is 0 Å². The number of nitrogens with zero attached hydrogens (tertiary/aromatic N) is 1. The van der Waals surface area contributed by atoms with Gasteiger partial charge in [-0.25, -0.2) is 4.79 Å². The molecule has 1 fully saturated rings. The van der Waals surface area contributed by atoms with Gasteiger partial charge in [0, 0.05) is 19.6 Å². The summed E-state index contributed by atoms with van der Waals surface area (Å²) in [5, 5.41) is 5.88. The van der Waals surface area contributed by atoms with Crippen molar-refractivity contribution in [3.8, 4) is 0 Å². The Bertz CT molecular complexity index is 679. The van der Waals surface area contributed by atoms with E-state index in [1.807, 2.05) is 6.07 Å². The maximum atomic E-state index is 11.9. The predicted molar refractivity (Wildman–Crippen MR) is 111 cm³/mol. The number of unbranched alkanes of at least 4 members (excludes halogenated alkanes) is 1. The molecule has 27 heavy (non-hydrogen) atoms. The SMILES string of the molecule is O=C(NCCCCc1ccccc1)NCc1ccc(CN2CCCC2)cc1. The Hall–Kier alpha value is -2.33. The van der Waals surface area contributed by atoms with Crippen LogP contribution in [0, 0.1) is 0 Å². The van der Waals surface area contributed by atoms with E-state index in [4.69, 9.17) is 0 Å². The molecule has 0 aromatic heterocycles. The van der Waals surface area contributed by atoms with E-state index in [0.29, 0.717) is 13.1 Å². The molecule has 144 valence electrons. The second-order valence-electron chi connectivity index (χ2n) is 7.35. The van der Waals surface area contributed by atoms with E-state index in [1.165, 1.54) is 37.1 Å². The van der Waals surface area contributed by atoms with E-state index in [1.54, 1.807) is 0 Å². The minimum absolute atomic E-state index is 0.0872. The van der Waals surface area contributed by atoms with E-state index < -0.39 is 0 Å². The standard InChI is InChI=1S/C23H31N3O/c27-23(24-15-5-4-10-20-8-2-1-3-9-20)25-18-21-11-13-22(14-12-21)19-26-16-6-7-17-26/h1-3,8-9,11-14H,4-7,10,15-19H2,(H2,24,25,27). The van der Waals surface area contributed by atoms with E-state index in [9.17, 15) is 4.79 Å². The van der Waals surface area contributed by atoms with Gasteiger partial charge in [-0.15, -0.1) is 0 Å². The molecule has 0 spiro atoms. The maximum Gasteiger partial charge on any atom is 0.315 e. The van der Waals surface area contributed by atoms with Crippen LogP contribution in [-0.2, 0) is 19.5 Å². The number of carbonyl (C=O) groups is 1. The number of hydrogen-bond acceptors (Lipinski definition) is 2. The van der Waals surface area contributed by atoms with Crippen LogP contribution in [0.2, 0.25) is 0 Å². The first-order valence-corrected chi connectivity index (χ1v) is 10.2. The molecule has 3 rings (SSSR count). The number of urea groups is 1. The van der Waals surface area contributed by atoms with Crippen molar-refractivity contribution in [2.75, 3.05) is 19.6 Å². The van der Waals surface area contributed by atoms with Gasteiger partial charge in [-0.05, 0) is 61.9 Å². The second kappa shape index (κ2) is 10.7. The third-order valence-corrected chi connectivity index (χ3v) is 5.10. The molecular weight excluding hydrogens is 334 g/mol. The summed E-state index contributed by atoms with van der Waals surface area (Å²) in [4.78, 5) is 14.4. The smallest absolute Gasteiger partial charge is 0.315 e. The molecule has 1 heterocycles. The summed E-state index contributed by atoms with van der Waals surface area (Å²) < 4.78 is 0. The average Bonchev–Trinajstić information content (AvgIpc) is 3.21. The van der Waals surface area contributed by atoms with Crippen LogP contribution in [0.1, 0.15) is 42.4 Å². The zero-order valence-electron chi connectivity index (χ0n) is 16.1. The van der Waals surface area contributed by atoms with Gasteiger partial charge < -0.3 is 10.6 Å². The molecule has 0 aliphatic carbocycles. The minimum Gasteiger partial charge on any atom is -0.338 e.